The van der Waals surface area contributed by atoms with E-state index in [0.717, 1.165) is 43.3 Å². The maximum atomic E-state index is 14.0. The molecule has 0 radical (unpaired) electrons. The van der Waals surface area contributed by atoms with E-state index >= 15 is 0 Å². The van der Waals surface area contributed by atoms with Gasteiger partial charge in [-0.15, -0.1) is 0 Å². The molecule has 0 amide bonds. The zero-order valence-electron chi connectivity index (χ0n) is 24.0. The molecule has 0 aromatic rings. The normalized spacial score (nSPS) is 47.1. The third kappa shape index (κ3) is 4.29. The van der Waals surface area contributed by atoms with Crippen LogP contribution in [0.4, 0.5) is 0 Å². The molecular formula is C31H43IO8. The molecule has 0 aromatic carbocycles. The van der Waals surface area contributed by atoms with Gasteiger partial charge in [-0.3, -0.25) is 9.59 Å². The van der Waals surface area contributed by atoms with Gasteiger partial charge in [0.2, 0.25) is 0 Å². The Morgan fingerprint density at radius 2 is 1.73 bits per heavy atom. The largest absolute Gasteiger partial charge is 0.459 e. The molecule has 40 heavy (non-hydrogen) atoms. The third-order valence-corrected chi connectivity index (χ3v) is 13.5. The maximum Gasteiger partial charge on any atom is 0.344 e. The number of carbonyl (C=O) groups excluding carboxylic acids is 4. The highest BCUT2D eigenvalue weighted by Crippen LogP contribution is 2.71. The second-order valence-electron chi connectivity index (χ2n) is 13.7. The Kier molecular flexibility index (Phi) is 7.57. The molecule has 6 aliphatic carbocycles. The van der Waals surface area contributed by atoms with Crippen molar-refractivity contribution in [2.24, 2.45) is 59.2 Å². The molecule has 0 N–H and O–H groups in total. The first-order chi connectivity index (χ1) is 19.1. The molecule has 14 atom stereocenters. The van der Waals surface area contributed by atoms with Crippen LogP contribution in [0, 0.1) is 59.2 Å². The van der Waals surface area contributed by atoms with Crippen LogP contribution in [0.15, 0.2) is 0 Å². The van der Waals surface area contributed by atoms with Crippen LogP contribution in [0.1, 0.15) is 72.1 Å². The van der Waals surface area contributed by atoms with Gasteiger partial charge in [-0.25, -0.2) is 4.79 Å². The summed E-state index contributed by atoms with van der Waals surface area (Å²) in [7, 11) is 1.54. The fourth-order valence-electron chi connectivity index (χ4n) is 10.5. The van der Waals surface area contributed by atoms with Crippen LogP contribution < -0.4 is 0 Å². The quantitative estimate of drug-likeness (QED) is 0.0834. The second-order valence-corrected chi connectivity index (χ2v) is 16.1. The smallest absolute Gasteiger partial charge is 0.344 e. The van der Waals surface area contributed by atoms with E-state index in [9.17, 15) is 19.2 Å². The molecule has 6 fully saturated rings. The third-order valence-electron chi connectivity index (χ3n) is 12.3. The Labute approximate surface area is 250 Å². The van der Waals surface area contributed by atoms with Crippen molar-refractivity contribution in [1.82, 2.24) is 0 Å². The molecule has 0 aromatic heterocycles. The summed E-state index contributed by atoms with van der Waals surface area (Å²) in [6, 6.07) is 0. The van der Waals surface area contributed by atoms with E-state index in [1.165, 1.54) is 26.4 Å². The van der Waals surface area contributed by atoms with E-state index in [2.05, 4.69) is 6.92 Å². The van der Waals surface area contributed by atoms with Crippen LogP contribution in [0.25, 0.3) is 0 Å². The Morgan fingerprint density at radius 3 is 2.38 bits per heavy atom. The molecule has 0 heterocycles. The molecule has 6 bridgehead atoms. The number of methoxy groups -OCH3 is 1. The lowest BCUT2D eigenvalue weighted by atomic mass is 9.65. The van der Waals surface area contributed by atoms with Crippen LogP contribution in [0.2, 0.25) is 0 Å². The van der Waals surface area contributed by atoms with E-state index in [1.54, 1.807) is 6.92 Å². The standard InChI is InChI=1S/C31H43IO8/c1-5-30(3,32)29(36)38-14-22(34)39-27-19-11-18(26(27)37-4)20(13-33)25(19)28(35)40-31(6-2)12-17-10-21(31)24-16-8-7-15(9-16)23(17)24/h13,15-21,23-27H,5-12,14H2,1-4H3. The van der Waals surface area contributed by atoms with E-state index in [0.29, 0.717) is 30.6 Å². The van der Waals surface area contributed by atoms with E-state index < -0.39 is 51.6 Å². The first kappa shape index (κ1) is 28.9. The van der Waals surface area contributed by atoms with Crippen LogP contribution in [-0.2, 0) is 38.1 Å². The lowest BCUT2D eigenvalue weighted by molar-refractivity contribution is -0.192. The summed E-state index contributed by atoms with van der Waals surface area (Å²) in [6.07, 6.45) is 7.75. The first-order valence-corrected chi connectivity index (χ1v) is 16.4. The van der Waals surface area contributed by atoms with Gasteiger partial charge >= 0.3 is 17.9 Å². The summed E-state index contributed by atoms with van der Waals surface area (Å²) >= 11 is 2.02. The van der Waals surface area contributed by atoms with Gasteiger partial charge in [-0.05, 0) is 93.8 Å². The molecule has 0 spiro atoms. The van der Waals surface area contributed by atoms with Crippen molar-refractivity contribution in [1.29, 1.82) is 0 Å². The van der Waals surface area contributed by atoms with Crippen LogP contribution >= 0.6 is 22.6 Å². The SMILES string of the molecule is CCC(C)(I)C(=O)OCC(=O)OC1C2CC(C(C=O)C2C(=O)OC2(CC)CC3CC2C2C4CCC(C4)C32)C1OC. The highest BCUT2D eigenvalue weighted by Gasteiger charge is 2.69. The zero-order valence-corrected chi connectivity index (χ0v) is 26.2. The Morgan fingerprint density at radius 1 is 1.00 bits per heavy atom. The van der Waals surface area contributed by atoms with Crippen molar-refractivity contribution < 1.29 is 38.1 Å². The minimum absolute atomic E-state index is 0.226. The highest BCUT2D eigenvalue weighted by atomic mass is 127. The van der Waals surface area contributed by atoms with Gasteiger partial charge < -0.3 is 23.7 Å². The summed E-state index contributed by atoms with van der Waals surface area (Å²) < 4.78 is 22.6. The topological polar surface area (TPSA) is 105 Å². The van der Waals surface area contributed by atoms with Crippen molar-refractivity contribution in [3.63, 3.8) is 0 Å². The molecule has 9 heteroatoms. The molecular weight excluding hydrogens is 627 g/mol. The fourth-order valence-corrected chi connectivity index (χ4v) is 10.7. The molecule has 8 nitrogen and oxygen atoms in total. The Hall–Kier alpha value is -1.23. The summed E-state index contributed by atoms with van der Waals surface area (Å²) in [5.74, 6) is 0.961. The average Bonchev–Trinajstić information content (AvgIpc) is 3.78. The minimum atomic E-state index is -0.724. The number of carbonyl (C=O) groups is 4. The minimum Gasteiger partial charge on any atom is -0.459 e. The maximum absolute atomic E-state index is 14.0. The van der Waals surface area contributed by atoms with Crippen molar-refractivity contribution in [3.8, 4) is 0 Å². The van der Waals surface area contributed by atoms with Gasteiger partial charge in [-0.2, -0.15) is 0 Å². The van der Waals surface area contributed by atoms with Crippen LogP contribution in [0.3, 0.4) is 0 Å². The fraction of sp³-hybridized carbons (Fsp3) is 0.871. The summed E-state index contributed by atoms with van der Waals surface area (Å²) in [4.78, 5) is 51.4. The van der Waals surface area contributed by atoms with E-state index in [-0.39, 0.29) is 17.8 Å². The van der Waals surface area contributed by atoms with Gasteiger partial charge in [0.15, 0.2) is 6.61 Å². The van der Waals surface area contributed by atoms with Gasteiger partial charge in [0.25, 0.3) is 0 Å². The Bertz CT molecular complexity index is 1060. The molecule has 6 rings (SSSR count). The second kappa shape index (κ2) is 10.5. The van der Waals surface area contributed by atoms with Crippen molar-refractivity contribution >= 4 is 46.8 Å². The lowest BCUT2D eigenvalue weighted by Crippen LogP contribution is -2.52. The number of aldehydes is 1. The number of fused-ring (bicyclic) bond motifs is 11. The molecule has 14 unspecified atom stereocenters. The van der Waals surface area contributed by atoms with Crippen molar-refractivity contribution in [2.75, 3.05) is 13.7 Å². The van der Waals surface area contributed by atoms with Crippen LogP contribution in [-0.4, -0.2) is 59.1 Å². The molecule has 6 saturated carbocycles. The van der Waals surface area contributed by atoms with Gasteiger partial charge in [-0.1, -0.05) is 36.4 Å². The zero-order chi connectivity index (χ0) is 28.6. The van der Waals surface area contributed by atoms with E-state index in [1.807, 2.05) is 29.5 Å². The van der Waals surface area contributed by atoms with Gasteiger partial charge in [0.05, 0.1) is 12.0 Å². The number of ether oxygens (including phenoxy) is 4. The number of alkyl halides is 1. The number of esters is 3. The van der Waals surface area contributed by atoms with Crippen molar-refractivity contribution in [3.05, 3.63) is 0 Å². The summed E-state index contributed by atoms with van der Waals surface area (Å²) in [5.41, 5.74) is -0.449. The number of rotatable bonds is 10. The first-order valence-electron chi connectivity index (χ1n) is 15.4. The van der Waals surface area contributed by atoms with Crippen molar-refractivity contribution in [2.45, 2.75) is 93.4 Å². The number of halogens is 1. The Balaban J connectivity index is 1.16. The van der Waals surface area contributed by atoms with E-state index in [4.69, 9.17) is 18.9 Å². The molecule has 0 saturated heterocycles. The number of hydrogen-bond donors (Lipinski definition) is 0. The monoisotopic (exact) mass is 670 g/mol. The molecule has 222 valence electrons. The summed E-state index contributed by atoms with van der Waals surface area (Å²) in [5, 5.41) is 0. The molecule has 0 aliphatic heterocycles. The predicted molar refractivity (Wildman–Crippen MR) is 152 cm³/mol. The average molecular weight is 671 g/mol. The summed E-state index contributed by atoms with van der Waals surface area (Å²) in [6.45, 7) is 5.27. The highest BCUT2D eigenvalue weighted by molar-refractivity contribution is 14.1. The number of hydrogen-bond acceptors (Lipinski definition) is 8. The van der Waals surface area contributed by atoms with Gasteiger partial charge in [0, 0.05) is 24.9 Å². The lowest BCUT2D eigenvalue weighted by Gasteiger charge is -2.46. The van der Waals surface area contributed by atoms with Crippen LogP contribution in [0.5, 0.6) is 0 Å². The van der Waals surface area contributed by atoms with Gasteiger partial charge in [0.1, 0.15) is 21.4 Å². The predicted octanol–water partition coefficient (Wildman–Crippen LogP) is 4.54. The molecule has 6 aliphatic rings.